The maximum atomic E-state index is 13.2. The van der Waals surface area contributed by atoms with Crippen LogP contribution in [0.5, 0.6) is 5.75 Å². The molecule has 0 bridgehead atoms. The van der Waals surface area contributed by atoms with E-state index in [9.17, 15) is 18.0 Å². The van der Waals surface area contributed by atoms with Gasteiger partial charge in [-0.25, -0.2) is 18.0 Å². The molecule has 9 heteroatoms. The van der Waals surface area contributed by atoms with Gasteiger partial charge in [0.1, 0.15) is 11.6 Å². The fraction of sp³-hybridized carbons (Fsp3) is 0.385. The standard InChI is InChI=1S/C26H28ClNO6S/c1-4-16(3)24(28-35(31,32)17-11-9-15(2)10-12-17)26(30)34-23-14-22-20(13-21(23)27)18-7-5-6-8-19(18)25(29)33-22/h9-14,16,24,28H,4-8H2,1-3H3. The number of halogens is 1. The number of carbonyl (C=O) groups is 1. The molecule has 2 aromatic carbocycles. The highest BCUT2D eigenvalue weighted by Gasteiger charge is 2.32. The van der Waals surface area contributed by atoms with E-state index in [1.165, 1.54) is 18.2 Å². The van der Waals surface area contributed by atoms with Gasteiger partial charge in [-0.05, 0) is 62.3 Å². The van der Waals surface area contributed by atoms with E-state index in [1.54, 1.807) is 25.1 Å². The first kappa shape index (κ1) is 25.4. The van der Waals surface area contributed by atoms with Gasteiger partial charge < -0.3 is 9.15 Å². The van der Waals surface area contributed by atoms with Gasteiger partial charge in [-0.1, -0.05) is 49.6 Å². The Morgan fingerprint density at radius 2 is 1.80 bits per heavy atom. The molecule has 0 saturated heterocycles. The summed E-state index contributed by atoms with van der Waals surface area (Å²) < 4.78 is 39.5. The van der Waals surface area contributed by atoms with Crippen molar-refractivity contribution >= 4 is 38.6 Å². The summed E-state index contributed by atoms with van der Waals surface area (Å²) in [5.74, 6) is -1.14. The molecule has 3 aromatic rings. The lowest BCUT2D eigenvalue weighted by Gasteiger charge is -2.23. The van der Waals surface area contributed by atoms with Crippen LogP contribution in [0.25, 0.3) is 11.0 Å². The molecule has 2 atom stereocenters. The van der Waals surface area contributed by atoms with Crippen LogP contribution in [0.15, 0.2) is 50.5 Å². The van der Waals surface area contributed by atoms with Crippen LogP contribution in [0.1, 0.15) is 49.8 Å². The zero-order valence-corrected chi connectivity index (χ0v) is 21.5. The van der Waals surface area contributed by atoms with E-state index in [1.807, 2.05) is 13.8 Å². The van der Waals surface area contributed by atoms with Crippen LogP contribution < -0.4 is 15.1 Å². The Labute approximate surface area is 209 Å². The Hall–Kier alpha value is -2.68. The highest BCUT2D eigenvalue weighted by molar-refractivity contribution is 7.89. The first-order valence-electron chi connectivity index (χ1n) is 11.7. The molecule has 7 nitrogen and oxygen atoms in total. The number of esters is 1. The maximum Gasteiger partial charge on any atom is 0.339 e. The molecule has 1 N–H and O–H groups in total. The Kier molecular flexibility index (Phi) is 7.35. The summed E-state index contributed by atoms with van der Waals surface area (Å²) in [6, 6.07) is 8.27. The fourth-order valence-corrected chi connectivity index (χ4v) is 5.77. The number of fused-ring (bicyclic) bond motifs is 3. The molecule has 1 heterocycles. The largest absolute Gasteiger partial charge is 0.424 e. The van der Waals surface area contributed by atoms with E-state index in [2.05, 4.69) is 4.72 Å². The third kappa shape index (κ3) is 5.29. The second-order valence-corrected chi connectivity index (χ2v) is 11.2. The monoisotopic (exact) mass is 517 g/mol. The van der Waals surface area contributed by atoms with Crippen molar-refractivity contribution in [1.82, 2.24) is 4.72 Å². The maximum absolute atomic E-state index is 13.2. The lowest BCUT2D eigenvalue weighted by Crippen LogP contribution is -2.46. The van der Waals surface area contributed by atoms with Gasteiger partial charge in [0.15, 0.2) is 5.75 Å². The van der Waals surface area contributed by atoms with Crippen molar-refractivity contribution in [2.75, 3.05) is 0 Å². The third-order valence-electron chi connectivity index (χ3n) is 6.57. The predicted octanol–water partition coefficient (Wildman–Crippen LogP) is 4.93. The minimum absolute atomic E-state index is 0.00548. The number of aryl methyl sites for hydroxylation is 2. The minimum atomic E-state index is -3.97. The van der Waals surface area contributed by atoms with E-state index >= 15 is 0 Å². The normalized spacial score (nSPS) is 15.4. The summed E-state index contributed by atoms with van der Waals surface area (Å²) in [5, 5.41) is 0.902. The third-order valence-corrected chi connectivity index (χ3v) is 8.32. The van der Waals surface area contributed by atoms with Crippen LogP contribution in [-0.4, -0.2) is 20.4 Å². The van der Waals surface area contributed by atoms with E-state index in [-0.39, 0.29) is 27.2 Å². The molecule has 186 valence electrons. The summed E-state index contributed by atoms with van der Waals surface area (Å²) in [7, 11) is -3.97. The summed E-state index contributed by atoms with van der Waals surface area (Å²) in [6.45, 7) is 5.47. The molecule has 1 aliphatic carbocycles. The molecular weight excluding hydrogens is 490 g/mol. The first-order chi connectivity index (χ1) is 16.6. The Bertz CT molecular complexity index is 1430. The topological polar surface area (TPSA) is 103 Å². The van der Waals surface area contributed by atoms with E-state index < -0.39 is 27.7 Å². The number of carbonyl (C=O) groups excluding carboxylic acids is 1. The van der Waals surface area contributed by atoms with Crippen LogP contribution in [0.3, 0.4) is 0 Å². The summed E-state index contributed by atoms with van der Waals surface area (Å²) in [5.41, 5.74) is 2.40. The van der Waals surface area contributed by atoms with Crippen molar-refractivity contribution in [2.24, 2.45) is 5.92 Å². The molecule has 0 aliphatic heterocycles. The zero-order valence-electron chi connectivity index (χ0n) is 19.9. The molecule has 0 fully saturated rings. The van der Waals surface area contributed by atoms with E-state index in [0.29, 0.717) is 18.4 Å². The van der Waals surface area contributed by atoms with Crippen LogP contribution in [0.2, 0.25) is 5.02 Å². The van der Waals surface area contributed by atoms with Crippen LogP contribution in [-0.2, 0) is 27.7 Å². The molecular formula is C26H28ClNO6S. The molecule has 0 radical (unpaired) electrons. The van der Waals surface area contributed by atoms with Crippen molar-refractivity contribution in [3.8, 4) is 5.75 Å². The molecule has 2 unspecified atom stereocenters. The average molecular weight is 518 g/mol. The van der Waals surface area contributed by atoms with E-state index in [4.69, 9.17) is 20.8 Å². The summed E-state index contributed by atoms with van der Waals surface area (Å²) in [4.78, 5) is 25.7. The Balaban J connectivity index is 1.65. The van der Waals surface area contributed by atoms with Crippen molar-refractivity contribution in [3.05, 3.63) is 68.5 Å². The Morgan fingerprint density at radius 1 is 1.14 bits per heavy atom. The van der Waals surface area contributed by atoms with E-state index in [0.717, 1.165) is 35.8 Å². The number of hydrogen-bond donors (Lipinski definition) is 1. The summed E-state index contributed by atoms with van der Waals surface area (Å²) >= 11 is 6.46. The first-order valence-corrected chi connectivity index (χ1v) is 13.6. The van der Waals surface area contributed by atoms with Gasteiger partial charge in [0, 0.05) is 17.0 Å². The Morgan fingerprint density at radius 3 is 2.46 bits per heavy atom. The average Bonchev–Trinajstić information content (AvgIpc) is 2.83. The lowest BCUT2D eigenvalue weighted by atomic mass is 9.90. The van der Waals surface area contributed by atoms with Crippen LogP contribution >= 0.6 is 11.6 Å². The SMILES string of the molecule is CCC(C)C(NS(=O)(=O)c1ccc(C)cc1)C(=O)Oc1cc2oc(=O)c3c(c2cc1Cl)CCCC3. The second-order valence-electron chi connectivity index (χ2n) is 9.05. The molecule has 0 saturated carbocycles. The van der Waals surface area contributed by atoms with Gasteiger partial charge >= 0.3 is 11.6 Å². The quantitative estimate of drug-likeness (QED) is 0.271. The van der Waals surface area contributed by atoms with Gasteiger partial charge in [-0.2, -0.15) is 4.72 Å². The number of benzene rings is 2. The van der Waals surface area contributed by atoms with Crippen molar-refractivity contribution in [3.63, 3.8) is 0 Å². The molecule has 4 rings (SSSR count). The zero-order chi connectivity index (χ0) is 25.3. The summed E-state index contributed by atoms with van der Waals surface area (Å²) in [6.07, 6.45) is 3.85. The molecule has 1 aliphatic rings. The number of nitrogens with one attached hydrogen (secondary N) is 1. The fourth-order valence-electron chi connectivity index (χ4n) is 4.28. The number of hydrogen-bond acceptors (Lipinski definition) is 6. The van der Waals surface area contributed by atoms with Gasteiger partial charge in [0.05, 0.1) is 9.92 Å². The molecule has 0 spiro atoms. The van der Waals surface area contributed by atoms with Gasteiger partial charge in [-0.3, -0.25) is 0 Å². The highest BCUT2D eigenvalue weighted by Crippen LogP contribution is 2.34. The molecule has 1 aromatic heterocycles. The second kappa shape index (κ2) is 10.1. The smallest absolute Gasteiger partial charge is 0.339 e. The highest BCUT2D eigenvalue weighted by atomic mass is 35.5. The number of rotatable bonds is 7. The molecule has 0 amide bonds. The lowest BCUT2D eigenvalue weighted by molar-refractivity contribution is -0.137. The molecule has 35 heavy (non-hydrogen) atoms. The van der Waals surface area contributed by atoms with Crippen molar-refractivity contribution < 1.29 is 22.4 Å². The van der Waals surface area contributed by atoms with Crippen molar-refractivity contribution in [1.29, 1.82) is 0 Å². The predicted molar refractivity (Wildman–Crippen MR) is 135 cm³/mol. The van der Waals surface area contributed by atoms with Gasteiger partial charge in [0.25, 0.3) is 0 Å². The van der Waals surface area contributed by atoms with Gasteiger partial charge in [-0.15, -0.1) is 0 Å². The minimum Gasteiger partial charge on any atom is -0.424 e. The number of ether oxygens (including phenoxy) is 1. The van der Waals surface area contributed by atoms with Crippen LogP contribution in [0, 0.1) is 12.8 Å². The van der Waals surface area contributed by atoms with Gasteiger partial charge in [0.2, 0.25) is 10.0 Å². The van der Waals surface area contributed by atoms with Crippen LogP contribution in [0.4, 0.5) is 0 Å². The number of sulfonamides is 1. The van der Waals surface area contributed by atoms with Crippen molar-refractivity contribution in [2.45, 2.75) is 63.8 Å².